The minimum Gasteiger partial charge on any atom is -0.457 e. The number of unbranched alkanes of at least 4 members (excludes halogenated alkanes) is 18. The molecule has 0 bridgehead atoms. The zero-order chi connectivity index (χ0) is 34.1. The Bertz CT molecular complexity index is 779. The van der Waals surface area contributed by atoms with E-state index in [-0.39, 0.29) is 19.2 Å². The van der Waals surface area contributed by atoms with Gasteiger partial charge in [-0.3, -0.25) is 4.79 Å². The molecule has 4 nitrogen and oxygen atoms in total. The van der Waals surface area contributed by atoms with Crippen LogP contribution in [-0.2, 0) is 14.3 Å². The van der Waals surface area contributed by atoms with Crippen molar-refractivity contribution in [3.8, 4) is 0 Å². The maximum absolute atomic E-state index is 12.2. The Kier molecular flexibility index (Phi) is 38.6. The van der Waals surface area contributed by atoms with Crippen molar-refractivity contribution in [2.24, 2.45) is 0 Å². The monoisotopic (exact) mass is 657 g/mol. The molecule has 0 saturated heterocycles. The molecule has 0 aliphatic carbocycles. The zero-order valence-corrected chi connectivity index (χ0v) is 31.0. The van der Waals surface area contributed by atoms with Gasteiger partial charge in [0.1, 0.15) is 6.10 Å². The van der Waals surface area contributed by atoms with Crippen LogP contribution in [0.25, 0.3) is 0 Å². The minimum atomic E-state index is -0.548. The molecule has 4 heteroatoms. The summed E-state index contributed by atoms with van der Waals surface area (Å²) in [6.07, 6.45) is 52.7. The summed E-state index contributed by atoms with van der Waals surface area (Å²) < 4.78 is 11.1. The normalized spacial score (nSPS) is 13.0. The lowest BCUT2D eigenvalue weighted by Gasteiger charge is -2.15. The molecule has 1 unspecified atom stereocenters. The standard InChI is InChI=1S/C43H76O4/c1-3-5-7-9-11-13-15-17-19-21-23-25-27-29-31-33-35-37-39-46-41-42(40-44)47-43(45)38-36-34-32-30-28-26-24-22-20-18-16-14-12-10-8-6-4-2/h5,7,11,13,17-20,23,25,42,44H,3-4,6,8-10,12,14-16,21-22,24,26-41H2,1-2H3/b7-5-,13-11-,19-17-,20-18-,25-23-. The second-order valence-electron chi connectivity index (χ2n) is 13.0. The van der Waals surface area contributed by atoms with Crippen LogP contribution >= 0.6 is 0 Å². The molecule has 47 heavy (non-hydrogen) atoms. The largest absolute Gasteiger partial charge is 0.457 e. The first-order chi connectivity index (χ1) is 23.2. The van der Waals surface area contributed by atoms with Crippen LogP contribution in [-0.4, -0.2) is 37.0 Å². The lowest BCUT2D eigenvalue weighted by Crippen LogP contribution is -2.27. The molecule has 0 radical (unpaired) electrons. The predicted molar refractivity (Wildman–Crippen MR) is 205 cm³/mol. The SMILES string of the molecule is CC/C=C\C/C=C\C/C=C\C/C=C\CCCCCCCOCC(CO)OC(=O)CCCCCCCCC/C=C\CCCCCCCC. The van der Waals surface area contributed by atoms with E-state index in [4.69, 9.17) is 9.47 Å². The Hall–Kier alpha value is -1.91. The molecule has 0 amide bonds. The third-order valence-corrected chi connectivity index (χ3v) is 8.33. The Morgan fingerprint density at radius 2 is 0.957 bits per heavy atom. The second kappa shape index (κ2) is 40.3. The molecule has 1 atom stereocenters. The summed E-state index contributed by atoms with van der Waals surface area (Å²) in [6.45, 7) is 5.18. The van der Waals surface area contributed by atoms with E-state index in [1.807, 2.05) is 0 Å². The van der Waals surface area contributed by atoms with E-state index >= 15 is 0 Å². The van der Waals surface area contributed by atoms with Gasteiger partial charge in [0, 0.05) is 13.0 Å². The van der Waals surface area contributed by atoms with Crippen LogP contribution in [0.5, 0.6) is 0 Å². The average molecular weight is 657 g/mol. The molecule has 0 aliphatic rings. The highest BCUT2D eigenvalue weighted by molar-refractivity contribution is 5.69. The number of ether oxygens (including phenoxy) is 2. The van der Waals surface area contributed by atoms with E-state index in [9.17, 15) is 9.90 Å². The van der Waals surface area contributed by atoms with Gasteiger partial charge in [-0.1, -0.05) is 158 Å². The number of hydrogen-bond acceptors (Lipinski definition) is 4. The van der Waals surface area contributed by atoms with Crippen molar-refractivity contribution in [1.82, 2.24) is 0 Å². The highest BCUT2D eigenvalue weighted by Gasteiger charge is 2.13. The van der Waals surface area contributed by atoms with E-state index in [1.165, 1.54) is 103 Å². The summed E-state index contributed by atoms with van der Waals surface area (Å²) in [5.41, 5.74) is 0. The summed E-state index contributed by atoms with van der Waals surface area (Å²) >= 11 is 0. The topological polar surface area (TPSA) is 55.8 Å². The van der Waals surface area contributed by atoms with Crippen LogP contribution in [0, 0.1) is 0 Å². The van der Waals surface area contributed by atoms with Gasteiger partial charge in [-0.2, -0.15) is 0 Å². The summed E-state index contributed by atoms with van der Waals surface area (Å²) in [6, 6.07) is 0. The number of carbonyl (C=O) groups is 1. The van der Waals surface area contributed by atoms with Gasteiger partial charge >= 0.3 is 5.97 Å². The Morgan fingerprint density at radius 3 is 1.47 bits per heavy atom. The number of hydrogen-bond donors (Lipinski definition) is 1. The first-order valence-corrected chi connectivity index (χ1v) is 19.9. The van der Waals surface area contributed by atoms with E-state index in [2.05, 4.69) is 74.6 Å². The van der Waals surface area contributed by atoms with Gasteiger partial charge in [-0.15, -0.1) is 0 Å². The molecule has 0 aromatic carbocycles. The van der Waals surface area contributed by atoms with E-state index in [0.29, 0.717) is 13.0 Å². The fourth-order valence-electron chi connectivity index (χ4n) is 5.37. The molecule has 0 aliphatic heterocycles. The Labute approximate surface area is 292 Å². The van der Waals surface area contributed by atoms with E-state index < -0.39 is 6.10 Å². The van der Waals surface area contributed by atoms with Crippen molar-refractivity contribution in [1.29, 1.82) is 0 Å². The van der Waals surface area contributed by atoms with Gasteiger partial charge in [-0.05, 0) is 77.0 Å². The van der Waals surface area contributed by atoms with Gasteiger partial charge in [0.05, 0.1) is 13.2 Å². The van der Waals surface area contributed by atoms with Crippen LogP contribution in [0.3, 0.4) is 0 Å². The molecule has 0 fully saturated rings. The van der Waals surface area contributed by atoms with Crippen LogP contribution in [0.1, 0.15) is 181 Å². The van der Waals surface area contributed by atoms with Gasteiger partial charge in [-0.25, -0.2) is 0 Å². The molecule has 1 N–H and O–H groups in total. The second-order valence-corrected chi connectivity index (χ2v) is 13.0. The van der Waals surface area contributed by atoms with E-state index in [0.717, 1.165) is 57.8 Å². The number of aliphatic hydroxyl groups is 1. The summed E-state index contributed by atoms with van der Waals surface area (Å²) in [4.78, 5) is 12.2. The molecule has 0 rings (SSSR count). The number of carbonyl (C=O) groups excluding carboxylic acids is 1. The summed E-state index contributed by atoms with van der Waals surface area (Å²) in [5, 5.41) is 9.58. The fourth-order valence-corrected chi connectivity index (χ4v) is 5.37. The lowest BCUT2D eigenvalue weighted by atomic mass is 10.1. The van der Waals surface area contributed by atoms with Crippen molar-refractivity contribution in [2.45, 2.75) is 187 Å². The van der Waals surface area contributed by atoms with Crippen LogP contribution in [0.2, 0.25) is 0 Å². The van der Waals surface area contributed by atoms with Gasteiger partial charge in [0.15, 0.2) is 0 Å². The van der Waals surface area contributed by atoms with Crippen molar-refractivity contribution >= 4 is 5.97 Å². The molecular formula is C43H76O4. The highest BCUT2D eigenvalue weighted by Crippen LogP contribution is 2.12. The zero-order valence-electron chi connectivity index (χ0n) is 31.0. The number of rotatable bonds is 36. The molecule has 0 spiro atoms. The Morgan fingerprint density at radius 1 is 0.532 bits per heavy atom. The van der Waals surface area contributed by atoms with Crippen LogP contribution in [0.4, 0.5) is 0 Å². The van der Waals surface area contributed by atoms with Gasteiger partial charge in [0.2, 0.25) is 0 Å². The smallest absolute Gasteiger partial charge is 0.306 e. The van der Waals surface area contributed by atoms with Gasteiger partial charge in [0.25, 0.3) is 0 Å². The van der Waals surface area contributed by atoms with Crippen LogP contribution in [0.15, 0.2) is 60.8 Å². The quantitative estimate of drug-likeness (QED) is 0.0414. The number of allylic oxidation sites excluding steroid dienone is 10. The third-order valence-electron chi connectivity index (χ3n) is 8.33. The van der Waals surface area contributed by atoms with Crippen molar-refractivity contribution < 1.29 is 19.4 Å². The molecule has 0 saturated carbocycles. The summed E-state index contributed by atoms with van der Waals surface area (Å²) in [5.74, 6) is -0.214. The highest BCUT2D eigenvalue weighted by atomic mass is 16.6. The predicted octanol–water partition coefficient (Wildman–Crippen LogP) is 12.9. The molecular weight excluding hydrogens is 580 g/mol. The molecule has 0 aromatic heterocycles. The number of esters is 1. The third kappa shape index (κ3) is 38.4. The first-order valence-electron chi connectivity index (χ1n) is 19.9. The first kappa shape index (κ1) is 45.1. The molecule has 0 aromatic rings. The van der Waals surface area contributed by atoms with Gasteiger partial charge < -0.3 is 14.6 Å². The number of aliphatic hydroxyl groups excluding tert-OH is 1. The Balaban J connectivity index is 3.50. The molecule has 272 valence electrons. The van der Waals surface area contributed by atoms with Crippen LogP contribution < -0.4 is 0 Å². The average Bonchev–Trinajstić information content (AvgIpc) is 3.08. The lowest BCUT2D eigenvalue weighted by molar-refractivity contribution is -0.154. The maximum Gasteiger partial charge on any atom is 0.306 e. The van der Waals surface area contributed by atoms with E-state index in [1.54, 1.807) is 0 Å². The van der Waals surface area contributed by atoms with Crippen molar-refractivity contribution in [2.75, 3.05) is 19.8 Å². The minimum absolute atomic E-state index is 0.183. The molecule has 0 heterocycles. The fraction of sp³-hybridized carbons (Fsp3) is 0.744. The van der Waals surface area contributed by atoms with Crippen molar-refractivity contribution in [3.63, 3.8) is 0 Å². The van der Waals surface area contributed by atoms with Crippen molar-refractivity contribution in [3.05, 3.63) is 60.8 Å². The maximum atomic E-state index is 12.2. The summed E-state index contributed by atoms with van der Waals surface area (Å²) in [7, 11) is 0.